The zero-order chi connectivity index (χ0) is 19.3. The van der Waals surface area contributed by atoms with Crippen molar-refractivity contribution in [3.05, 3.63) is 36.8 Å². The summed E-state index contributed by atoms with van der Waals surface area (Å²) in [5, 5.41) is 5.99. The third-order valence-electron chi connectivity index (χ3n) is 4.82. The van der Waals surface area contributed by atoms with Gasteiger partial charge in [0, 0.05) is 0 Å². The maximum absolute atomic E-state index is 12.2. The average molecular weight is 398 g/mol. The number of carbonyl (C=O) groups is 1. The number of esters is 1. The minimum absolute atomic E-state index is 0.0742. The van der Waals surface area contributed by atoms with Crippen LogP contribution in [-0.4, -0.2) is 44.7 Å². The van der Waals surface area contributed by atoms with Crippen molar-refractivity contribution >= 4 is 28.8 Å². The lowest BCUT2D eigenvalue weighted by atomic mass is 9.98. The zero-order valence-corrected chi connectivity index (χ0v) is 16.5. The van der Waals surface area contributed by atoms with Crippen molar-refractivity contribution in [3.63, 3.8) is 0 Å². The topological polar surface area (TPSA) is 79.1 Å². The highest BCUT2D eigenvalue weighted by molar-refractivity contribution is 8.00. The molecule has 1 aliphatic rings. The van der Waals surface area contributed by atoms with Crippen molar-refractivity contribution in [2.75, 3.05) is 12.9 Å². The maximum Gasteiger partial charge on any atom is 0.316 e. The first-order valence-corrected chi connectivity index (χ1v) is 10.4. The van der Waals surface area contributed by atoms with Gasteiger partial charge in [0.25, 0.3) is 0 Å². The first-order valence-electron chi connectivity index (χ1n) is 9.40. The molecule has 3 aromatic rings. The van der Waals surface area contributed by atoms with Crippen LogP contribution in [0.5, 0.6) is 5.75 Å². The minimum atomic E-state index is -0.189. The van der Waals surface area contributed by atoms with E-state index in [1.807, 2.05) is 24.3 Å². The van der Waals surface area contributed by atoms with Crippen LogP contribution in [0.3, 0.4) is 0 Å². The Bertz CT molecular complexity index is 952. The number of hydrogen-bond acceptors (Lipinski definition) is 7. The summed E-state index contributed by atoms with van der Waals surface area (Å²) in [6.07, 6.45) is 8.77. The number of ether oxygens (including phenoxy) is 2. The standard InChI is InChI=1S/C20H22N4O3S/c1-26-15-9-7-14(8-10-15)24-19-17(11-23-24)20(22-13-21-19)28-12-18(25)27-16-5-3-2-4-6-16/h7-11,13,16H,2-6,12H2,1H3. The molecule has 0 amide bonds. The predicted octanol–water partition coefficient (Wildman–Crippen LogP) is 3.79. The molecule has 146 valence electrons. The third-order valence-corrected chi connectivity index (χ3v) is 5.80. The fraction of sp³-hybridized carbons (Fsp3) is 0.400. The van der Waals surface area contributed by atoms with Gasteiger partial charge in [-0.15, -0.1) is 0 Å². The van der Waals surface area contributed by atoms with E-state index < -0.39 is 0 Å². The van der Waals surface area contributed by atoms with E-state index in [0.29, 0.717) is 5.65 Å². The van der Waals surface area contributed by atoms with E-state index >= 15 is 0 Å². The summed E-state index contributed by atoms with van der Waals surface area (Å²) in [5.41, 5.74) is 1.57. The average Bonchev–Trinajstić information content (AvgIpc) is 3.18. The third kappa shape index (κ3) is 4.11. The van der Waals surface area contributed by atoms with Gasteiger partial charge in [0.15, 0.2) is 5.65 Å². The molecule has 1 saturated carbocycles. The number of thioether (sulfide) groups is 1. The lowest BCUT2D eigenvalue weighted by Gasteiger charge is -2.21. The van der Waals surface area contributed by atoms with Crippen LogP contribution in [0.15, 0.2) is 41.8 Å². The highest BCUT2D eigenvalue weighted by Crippen LogP contribution is 2.27. The van der Waals surface area contributed by atoms with Crippen LogP contribution < -0.4 is 4.74 Å². The maximum atomic E-state index is 12.2. The second kappa shape index (κ2) is 8.60. The molecule has 0 saturated heterocycles. The normalized spacial score (nSPS) is 14.9. The fourth-order valence-electron chi connectivity index (χ4n) is 3.38. The lowest BCUT2D eigenvalue weighted by molar-refractivity contribution is -0.147. The smallest absolute Gasteiger partial charge is 0.316 e. The van der Waals surface area contributed by atoms with Crippen molar-refractivity contribution < 1.29 is 14.3 Å². The van der Waals surface area contributed by atoms with Crippen LogP contribution in [0.2, 0.25) is 0 Å². The van der Waals surface area contributed by atoms with Gasteiger partial charge in [-0.3, -0.25) is 4.79 Å². The molecule has 1 fully saturated rings. The van der Waals surface area contributed by atoms with Crippen LogP contribution in [0, 0.1) is 0 Å². The molecular formula is C20H22N4O3S. The number of aromatic nitrogens is 4. The van der Waals surface area contributed by atoms with Crippen LogP contribution >= 0.6 is 11.8 Å². The molecule has 8 heteroatoms. The van der Waals surface area contributed by atoms with Crippen molar-refractivity contribution in [2.24, 2.45) is 0 Å². The first-order chi connectivity index (χ1) is 13.7. The SMILES string of the molecule is COc1ccc(-n2ncc3c(SCC(=O)OC4CCCCC4)ncnc32)cc1. The Kier molecular flexibility index (Phi) is 5.76. The number of hydrogen-bond donors (Lipinski definition) is 0. The monoisotopic (exact) mass is 398 g/mol. The second-order valence-electron chi connectivity index (χ2n) is 6.71. The molecule has 0 bridgehead atoms. The summed E-state index contributed by atoms with van der Waals surface area (Å²) in [7, 11) is 1.63. The molecule has 0 unspecified atom stereocenters. The lowest BCUT2D eigenvalue weighted by Crippen LogP contribution is -2.21. The second-order valence-corrected chi connectivity index (χ2v) is 7.67. The summed E-state index contributed by atoms with van der Waals surface area (Å²) in [4.78, 5) is 20.9. The molecule has 0 aliphatic heterocycles. The molecule has 1 aliphatic carbocycles. The summed E-state index contributed by atoms with van der Waals surface area (Å²) in [6.45, 7) is 0. The molecule has 1 aromatic carbocycles. The van der Waals surface area contributed by atoms with Gasteiger partial charge in [-0.25, -0.2) is 14.6 Å². The van der Waals surface area contributed by atoms with Gasteiger partial charge in [0.1, 0.15) is 23.2 Å². The van der Waals surface area contributed by atoms with Crippen LogP contribution in [-0.2, 0) is 9.53 Å². The van der Waals surface area contributed by atoms with Gasteiger partial charge in [-0.2, -0.15) is 5.10 Å². The Labute approximate surface area is 167 Å². The largest absolute Gasteiger partial charge is 0.497 e. The Morgan fingerprint density at radius 2 is 1.96 bits per heavy atom. The molecule has 0 atom stereocenters. The van der Waals surface area contributed by atoms with Gasteiger partial charge in [-0.05, 0) is 49.9 Å². The Hall–Kier alpha value is -2.61. The molecule has 2 heterocycles. The zero-order valence-electron chi connectivity index (χ0n) is 15.7. The summed E-state index contributed by atoms with van der Waals surface area (Å²) >= 11 is 1.36. The number of carbonyl (C=O) groups excluding carboxylic acids is 1. The van der Waals surface area contributed by atoms with E-state index in [1.165, 1.54) is 24.5 Å². The van der Waals surface area contributed by atoms with Gasteiger partial charge < -0.3 is 9.47 Å². The highest BCUT2D eigenvalue weighted by Gasteiger charge is 2.19. The van der Waals surface area contributed by atoms with Crippen molar-refractivity contribution in [3.8, 4) is 11.4 Å². The van der Waals surface area contributed by atoms with E-state index in [9.17, 15) is 4.79 Å². The van der Waals surface area contributed by atoms with E-state index in [0.717, 1.165) is 47.5 Å². The summed E-state index contributed by atoms with van der Waals surface area (Å²) in [5.74, 6) is 0.824. The van der Waals surface area contributed by atoms with Gasteiger partial charge in [0.2, 0.25) is 0 Å². The van der Waals surface area contributed by atoms with Gasteiger partial charge >= 0.3 is 5.97 Å². The highest BCUT2D eigenvalue weighted by atomic mass is 32.2. The van der Waals surface area contributed by atoms with Gasteiger partial charge in [-0.1, -0.05) is 18.2 Å². The number of methoxy groups -OCH3 is 1. The Morgan fingerprint density at radius 3 is 2.71 bits per heavy atom. The van der Waals surface area contributed by atoms with Crippen LogP contribution in [0.1, 0.15) is 32.1 Å². The molecule has 4 rings (SSSR count). The molecule has 28 heavy (non-hydrogen) atoms. The molecule has 2 aromatic heterocycles. The molecule has 0 N–H and O–H groups in total. The first kappa shape index (κ1) is 18.7. The van der Waals surface area contributed by atoms with E-state index in [2.05, 4.69) is 15.1 Å². The molecule has 0 spiro atoms. The number of nitrogens with zero attached hydrogens (tertiary/aromatic N) is 4. The van der Waals surface area contributed by atoms with Crippen molar-refractivity contribution in [1.82, 2.24) is 19.7 Å². The van der Waals surface area contributed by atoms with Crippen molar-refractivity contribution in [2.45, 2.75) is 43.2 Å². The minimum Gasteiger partial charge on any atom is -0.497 e. The van der Waals surface area contributed by atoms with Crippen LogP contribution in [0.4, 0.5) is 0 Å². The van der Waals surface area contributed by atoms with Crippen molar-refractivity contribution in [1.29, 1.82) is 0 Å². The van der Waals surface area contributed by atoms with E-state index in [1.54, 1.807) is 18.0 Å². The fourth-order valence-corrected chi connectivity index (χ4v) is 4.12. The number of benzene rings is 1. The summed E-state index contributed by atoms with van der Waals surface area (Å²) < 4.78 is 12.5. The Morgan fingerprint density at radius 1 is 1.18 bits per heavy atom. The Balaban J connectivity index is 1.47. The predicted molar refractivity (Wildman–Crippen MR) is 107 cm³/mol. The van der Waals surface area contributed by atoms with E-state index in [4.69, 9.17) is 9.47 Å². The van der Waals surface area contributed by atoms with Gasteiger partial charge in [0.05, 0.1) is 30.1 Å². The molecular weight excluding hydrogens is 376 g/mol. The van der Waals surface area contributed by atoms with Crippen LogP contribution in [0.25, 0.3) is 16.7 Å². The number of fused-ring (bicyclic) bond motifs is 1. The molecule has 0 radical (unpaired) electrons. The molecule has 7 nitrogen and oxygen atoms in total. The van der Waals surface area contributed by atoms with E-state index in [-0.39, 0.29) is 17.8 Å². The summed E-state index contributed by atoms with van der Waals surface area (Å²) in [6, 6.07) is 7.59. The quantitative estimate of drug-likeness (QED) is 0.355. The number of rotatable bonds is 6.